The lowest BCUT2D eigenvalue weighted by Gasteiger charge is -2.12. The Kier molecular flexibility index (Phi) is 13.1. The number of rotatable bonds is 12. The highest BCUT2D eigenvalue weighted by molar-refractivity contribution is 5.74. The first-order chi connectivity index (χ1) is 22.2. The Morgan fingerprint density at radius 1 is 0.391 bits per heavy atom. The molecule has 4 rings (SSSR count). The summed E-state index contributed by atoms with van der Waals surface area (Å²) in [7, 11) is 12.7. The molecular weight excluding hydrogens is 588 g/mol. The van der Waals surface area contributed by atoms with Crippen molar-refractivity contribution in [3.05, 3.63) is 88.5 Å². The maximum Gasteiger partial charge on any atom is 0.203 e. The van der Waals surface area contributed by atoms with Crippen molar-refractivity contribution in [2.24, 2.45) is 0 Å². The van der Waals surface area contributed by atoms with Crippen molar-refractivity contribution < 1.29 is 43.0 Å². The van der Waals surface area contributed by atoms with Gasteiger partial charge in [0.1, 0.15) is 5.75 Å². The van der Waals surface area contributed by atoms with E-state index in [1.165, 1.54) is 7.11 Å². The van der Waals surface area contributed by atoms with E-state index in [0.717, 1.165) is 33.6 Å². The van der Waals surface area contributed by atoms with E-state index in [2.05, 4.69) is 6.07 Å². The molecule has 0 saturated carbocycles. The number of benzene rings is 4. The summed E-state index contributed by atoms with van der Waals surface area (Å²) in [4.78, 5) is 0. The zero-order chi connectivity index (χ0) is 33.6. The van der Waals surface area contributed by atoms with Gasteiger partial charge < -0.3 is 43.0 Å². The molecule has 0 aliphatic heterocycles. The fourth-order valence-electron chi connectivity index (χ4n) is 4.60. The molecule has 0 aliphatic carbocycles. The molecule has 0 amide bonds. The minimum Gasteiger partial charge on any atom is -0.504 e. The summed E-state index contributed by atoms with van der Waals surface area (Å²) in [6.45, 7) is 2.02. The number of phenolic OH excluding ortho intramolecular Hbond substituents is 1. The van der Waals surface area contributed by atoms with E-state index in [0.29, 0.717) is 40.2 Å². The lowest BCUT2D eigenvalue weighted by atomic mass is 10.1. The van der Waals surface area contributed by atoms with Crippen LogP contribution >= 0.6 is 0 Å². The Bertz CT molecular complexity index is 1480. The van der Waals surface area contributed by atoms with Crippen LogP contribution in [0, 0.1) is 6.92 Å². The number of ether oxygens (including phenoxy) is 8. The lowest BCUT2D eigenvalue weighted by Crippen LogP contribution is -1.95. The Hall–Kier alpha value is -5.44. The van der Waals surface area contributed by atoms with Gasteiger partial charge in [-0.25, -0.2) is 0 Å². The summed E-state index contributed by atoms with van der Waals surface area (Å²) >= 11 is 0. The van der Waals surface area contributed by atoms with Crippen LogP contribution < -0.4 is 37.9 Å². The monoisotopic (exact) mass is 630 g/mol. The molecule has 0 bridgehead atoms. The van der Waals surface area contributed by atoms with E-state index in [-0.39, 0.29) is 5.75 Å². The van der Waals surface area contributed by atoms with E-state index >= 15 is 0 Å². The second-order valence-corrected chi connectivity index (χ2v) is 9.74. The van der Waals surface area contributed by atoms with Gasteiger partial charge in [-0.05, 0) is 83.3 Å². The van der Waals surface area contributed by atoms with Crippen molar-refractivity contribution in [1.29, 1.82) is 0 Å². The van der Waals surface area contributed by atoms with Gasteiger partial charge in [-0.1, -0.05) is 36.4 Å². The topological polar surface area (TPSA) is 94.1 Å². The van der Waals surface area contributed by atoms with Crippen LogP contribution in [0.2, 0.25) is 0 Å². The van der Waals surface area contributed by atoms with Crippen molar-refractivity contribution >= 4 is 24.3 Å². The van der Waals surface area contributed by atoms with Gasteiger partial charge in [0.15, 0.2) is 34.5 Å². The van der Waals surface area contributed by atoms with Crippen LogP contribution in [0.25, 0.3) is 24.3 Å². The molecule has 4 aromatic rings. The van der Waals surface area contributed by atoms with Gasteiger partial charge >= 0.3 is 0 Å². The molecule has 0 fully saturated rings. The SMILES string of the molecule is COc1ccc(/C=C\c2cc(OC)c(OC)c(OC)c2)cc1C.COc1ccc(/C=C\c2cc(OC)c(OC)c(OC)c2)cc1O. The molecule has 46 heavy (non-hydrogen) atoms. The number of hydrogen-bond acceptors (Lipinski definition) is 9. The molecule has 0 radical (unpaired) electrons. The average molecular weight is 631 g/mol. The minimum atomic E-state index is 0.0968. The third-order valence-corrected chi connectivity index (χ3v) is 6.93. The van der Waals surface area contributed by atoms with E-state index < -0.39 is 0 Å². The van der Waals surface area contributed by atoms with Crippen LogP contribution in [-0.4, -0.2) is 62.0 Å². The first-order valence-corrected chi connectivity index (χ1v) is 14.2. The first-order valence-electron chi connectivity index (χ1n) is 14.2. The number of hydrogen-bond donors (Lipinski definition) is 1. The molecule has 0 heterocycles. The number of methoxy groups -OCH3 is 8. The van der Waals surface area contributed by atoms with Gasteiger partial charge in [0.25, 0.3) is 0 Å². The van der Waals surface area contributed by atoms with Crippen molar-refractivity contribution in [1.82, 2.24) is 0 Å². The molecule has 0 aromatic heterocycles. The molecule has 0 atom stereocenters. The van der Waals surface area contributed by atoms with Gasteiger partial charge in [0.2, 0.25) is 11.5 Å². The normalized spacial score (nSPS) is 10.6. The average Bonchev–Trinajstić information content (AvgIpc) is 3.08. The summed E-state index contributed by atoms with van der Waals surface area (Å²) < 4.78 is 42.3. The quantitative estimate of drug-likeness (QED) is 0.157. The molecule has 1 N–H and O–H groups in total. The fourth-order valence-corrected chi connectivity index (χ4v) is 4.60. The summed E-state index contributed by atoms with van der Waals surface area (Å²) in [6, 6.07) is 18.8. The molecule has 244 valence electrons. The van der Waals surface area contributed by atoms with Crippen LogP contribution in [0.4, 0.5) is 0 Å². The molecule has 9 nitrogen and oxygen atoms in total. The summed E-state index contributed by atoms with van der Waals surface area (Å²) in [5, 5.41) is 9.81. The predicted octanol–water partition coefficient (Wildman–Crippen LogP) is 7.80. The molecule has 9 heteroatoms. The highest BCUT2D eigenvalue weighted by Crippen LogP contribution is 2.40. The van der Waals surface area contributed by atoms with Crippen molar-refractivity contribution in [3.63, 3.8) is 0 Å². The molecule has 0 spiro atoms. The Balaban J connectivity index is 0.000000250. The zero-order valence-electron chi connectivity index (χ0n) is 27.8. The van der Waals surface area contributed by atoms with Crippen molar-refractivity contribution in [2.45, 2.75) is 6.92 Å². The van der Waals surface area contributed by atoms with Crippen LogP contribution in [0.15, 0.2) is 60.7 Å². The van der Waals surface area contributed by atoms with Crippen LogP contribution in [0.1, 0.15) is 27.8 Å². The van der Waals surface area contributed by atoms with Crippen molar-refractivity contribution in [2.75, 3.05) is 56.9 Å². The fraction of sp³-hybridized carbons (Fsp3) is 0.243. The summed E-state index contributed by atoms with van der Waals surface area (Å²) in [5.41, 5.74) is 4.89. The summed E-state index contributed by atoms with van der Waals surface area (Å²) in [5.74, 6) is 5.01. The summed E-state index contributed by atoms with van der Waals surface area (Å²) in [6.07, 6.45) is 7.81. The van der Waals surface area contributed by atoms with Crippen LogP contribution in [-0.2, 0) is 0 Å². The third kappa shape index (κ3) is 8.81. The lowest BCUT2D eigenvalue weighted by molar-refractivity contribution is 0.324. The Morgan fingerprint density at radius 2 is 0.739 bits per heavy atom. The molecular formula is C37H42O9. The second kappa shape index (κ2) is 17.2. The van der Waals surface area contributed by atoms with Gasteiger partial charge in [0, 0.05) is 0 Å². The molecule has 0 unspecified atom stereocenters. The van der Waals surface area contributed by atoms with Crippen LogP contribution in [0.5, 0.6) is 51.7 Å². The largest absolute Gasteiger partial charge is 0.504 e. The van der Waals surface area contributed by atoms with Gasteiger partial charge in [-0.2, -0.15) is 0 Å². The van der Waals surface area contributed by atoms with Gasteiger partial charge in [0.05, 0.1) is 56.9 Å². The Morgan fingerprint density at radius 3 is 1.07 bits per heavy atom. The Labute approximate surface area is 271 Å². The maximum absolute atomic E-state index is 9.81. The maximum atomic E-state index is 9.81. The molecule has 0 aliphatic rings. The zero-order valence-corrected chi connectivity index (χ0v) is 27.8. The molecule has 4 aromatic carbocycles. The second-order valence-electron chi connectivity index (χ2n) is 9.74. The van der Waals surface area contributed by atoms with Crippen molar-refractivity contribution in [3.8, 4) is 51.7 Å². The highest BCUT2D eigenvalue weighted by atomic mass is 16.5. The van der Waals surface area contributed by atoms with Crippen LogP contribution in [0.3, 0.4) is 0 Å². The van der Waals surface area contributed by atoms with Gasteiger partial charge in [-0.15, -0.1) is 0 Å². The van der Waals surface area contributed by atoms with E-state index in [1.807, 2.05) is 73.7 Å². The molecule has 0 saturated heterocycles. The minimum absolute atomic E-state index is 0.0968. The smallest absolute Gasteiger partial charge is 0.203 e. The first kappa shape index (κ1) is 35.0. The van der Waals surface area contributed by atoms with E-state index in [4.69, 9.17) is 37.9 Å². The third-order valence-electron chi connectivity index (χ3n) is 6.93. The standard InChI is InChI=1S/C19H22O4.C18H20O5/c1-13-10-14(8-9-16(13)20-2)6-7-15-11-17(21-3)19(23-5)18(12-15)22-4;1-20-15-8-7-12(9-14(15)19)5-6-13-10-16(21-2)18(23-4)17(11-13)22-3/h6-12H,1-5H3;5-11,19H,1-4H3/b7-6-;6-5-. The number of aryl methyl sites for hydroxylation is 1. The van der Waals surface area contributed by atoms with Gasteiger partial charge in [-0.3, -0.25) is 0 Å². The highest BCUT2D eigenvalue weighted by Gasteiger charge is 2.13. The van der Waals surface area contributed by atoms with E-state index in [9.17, 15) is 5.11 Å². The number of phenols is 1. The van der Waals surface area contributed by atoms with E-state index in [1.54, 1.807) is 61.9 Å². The predicted molar refractivity (Wildman–Crippen MR) is 182 cm³/mol. The number of aromatic hydroxyl groups is 1.